The van der Waals surface area contributed by atoms with Crippen molar-refractivity contribution in [2.45, 2.75) is 19.1 Å². The lowest BCUT2D eigenvalue weighted by Gasteiger charge is -2.44. The molecule has 1 heterocycles. The van der Waals surface area contributed by atoms with Crippen molar-refractivity contribution >= 4 is 27.6 Å². The fourth-order valence-corrected chi connectivity index (χ4v) is 4.32. The Kier molecular flexibility index (Phi) is 6.16. The first-order valence-electron chi connectivity index (χ1n) is 9.84. The van der Waals surface area contributed by atoms with E-state index in [1.807, 2.05) is 53.4 Å². The Hall–Kier alpha value is -2.70. The Balaban J connectivity index is 1.87. The van der Waals surface area contributed by atoms with Crippen LogP contribution < -0.4 is 5.32 Å². The van der Waals surface area contributed by atoms with Crippen molar-refractivity contribution < 1.29 is 13.9 Å². The number of carbonyl (C=O) groups is 1. The normalized spacial score (nSPS) is 18.4. The summed E-state index contributed by atoms with van der Waals surface area (Å²) in [6.45, 7) is 2.16. The number of carbonyl (C=O) groups excluding carboxylic acids is 1. The van der Waals surface area contributed by atoms with Crippen molar-refractivity contribution in [1.29, 1.82) is 0 Å². The van der Waals surface area contributed by atoms with Gasteiger partial charge in [0.25, 0.3) is 0 Å². The van der Waals surface area contributed by atoms with Crippen LogP contribution in [0.4, 0.5) is 10.1 Å². The molecule has 0 spiro atoms. The highest BCUT2D eigenvalue weighted by molar-refractivity contribution is 9.10. The zero-order chi connectivity index (χ0) is 21.1. The highest BCUT2D eigenvalue weighted by Gasteiger charge is 2.37. The zero-order valence-electron chi connectivity index (χ0n) is 16.5. The highest BCUT2D eigenvalue weighted by Crippen LogP contribution is 2.44. The fraction of sp³-hybridized carbons (Fsp3) is 0.208. The van der Waals surface area contributed by atoms with E-state index in [0.717, 1.165) is 26.9 Å². The van der Waals surface area contributed by atoms with Crippen LogP contribution in [0, 0.1) is 5.82 Å². The van der Waals surface area contributed by atoms with Crippen LogP contribution in [0.3, 0.4) is 0 Å². The van der Waals surface area contributed by atoms with E-state index in [0.29, 0.717) is 6.61 Å². The predicted octanol–water partition coefficient (Wildman–Crippen LogP) is 5.67. The molecule has 4 rings (SSSR count). The number of hydrogen-bond acceptors (Lipinski definition) is 4. The largest absolute Gasteiger partial charge is 0.465 e. The number of ether oxygens (including phenoxy) is 1. The average Bonchev–Trinajstić information content (AvgIpc) is 2.74. The minimum atomic E-state index is -0.399. The van der Waals surface area contributed by atoms with Gasteiger partial charge in [-0.15, -0.1) is 0 Å². The van der Waals surface area contributed by atoms with Gasteiger partial charge in [0.1, 0.15) is 12.0 Å². The van der Waals surface area contributed by atoms with Gasteiger partial charge in [0.2, 0.25) is 0 Å². The molecule has 0 fully saturated rings. The van der Waals surface area contributed by atoms with Crippen LogP contribution in [0.2, 0.25) is 0 Å². The summed E-state index contributed by atoms with van der Waals surface area (Å²) in [7, 11) is 0. The third kappa shape index (κ3) is 4.25. The third-order valence-corrected chi connectivity index (χ3v) is 5.65. The topological polar surface area (TPSA) is 41.6 Å². The zero-order valence-corrected chi connectivity index (χ0v) is 18.1. The number of halogens is 2. The van der Waals surface area contributed by atoms with E-state index in [4.69, 9.17) is 4.74 Å². The molecule has 3 aromatic rings. The molecule has 3 aromatic carbocycles. The Morgan fingerprint density at radius 2 is 1.83 bits per heavy atom. The molecule has 1 aliphatic heterocycles. The van der Waals surface area contributed by atoms with E-state index < -0.39 is 6.17 Å². The summed E-state index contributed by atoms with van der Waals surface area (Å²) in [5.41, 5.74) is 3.77. The number of esters is 1. The van der Waals surface area contributed by atoms with Crippen LogP contribution in [0.5, 0.6) is 0 Å². The number of nitrogens with one attached hydrogen (secondary N) is 1. The first-order chi connectivity index (χ1) is 14.6. The van der Waals surface area contributed by atoms with Crippen molar-refractivity contribution in [3.05, 3.63) is 99.8 Å². The molecule has 0 radical (unpaired) electrons. The van der Waals surface area contributed by atoms with Gasteiger partial charge in [-0.05, 0) is 53.9 Å². The first kappa shape index (κ1) is 20.6. The van der Waals surface area contributed by atoms with Crippen molar-refractivity contribution in [2.24, 2.45) is 0 Å². The second kappa shape index (κ2) is 8.98. The number of fused-ring (bicyclic) bond motifs is 1. The molecule has 2 atom stereocenters. The molecule has 0 aromatic heterocycles. The molecule has 0 aliphatic carbocycles. The Bertz CT molecular complexity index is 1040. The molecule has 0 unspecified atom stereocenters. The maximum absolute atomic E-state index is 14.1. The Labute approximate surface area is 183 Å². The van der Waals surface area contributed by atoms with Gasteiger partial charge in [-0.2, -0.15) is 0 Å². The molecule has 30 heavy (non-hydrogen) atoms. The Morgan fingerprint density at radius 1 is 1.07 bits per heavy atom. The minimum Gasteiger partial charge on any atom is -0.465 e. The maximum atomic E-state index is 14.1. The van der Waals surface area contributed by atoms with Crippen molar-refractivity contribution in [2.75, 3.05) is 18.5 Å². The summed E-state index contributed by atoms with van der Waals surface area (Å²) in [6.07, 6.45) is -0.399. The Morgan fingerprint density at radius 3 is 2.57 bits per heavy atom. The SMILES string of the molecule is CCOC(=O)CN1[C@@H](c2ccccc2)c2cc(Br)ccc2N[C@H]1c1cccc(F)c1. The monoisotopic (exact) mass is 468 g/mol. The van der Waals surface area contributed by atoms with E-state index in [1.165, 1.54) is 12.1 Å². The molecule has 1 aliphatic rings. The van der Waals surface area contributed by atoms with E-state index in [-0.39, 0.29) is 24.4 Å². The van der Waals surface area contributed by atoms with Gasteiger partial charge < -0.3 is 10.1 Å². The molecular weight excluding hydrogens is 447 g/mol. The van der Waals surface area contributed by atoms with Crippen molar-refractivity contribution in [1.82, 2.24) is 4.90 Å². The van der Waals surface area contributed by atoms with Gasteiger partial charge in [0.05, 0.1) is 19.2 Å². The molecule has 0 saturated heterocycles. The van der Waals surface area contributed by atoms with E-state index in [9.17, 15) is 9.18 Å². The summed E-state index contributed by atoms with van der Waals surface area (Å²) < 4.78 is 20.3. The van der Waals surface area contributed by atoms with Crippen LogP contribution in [0.25, 0.3) is 0 Å². The van der Waals surface area contributed by atoms with E-state index >= 15 is 0 Å². The van der Waals surface area contributed by atoms with Crippen LogP contribution in [0.15, 0.2) is 77.3 Å². The van der Waals surface area contributed by atoms with Gasteiger partial charge in [-0.25, -0.2) is 4.39 Å². The van der Waals surface area contributed by atoms with Crippen LogP contribution in [0.1, 0.15) is 35.8 Å². The smallest absolute Gasteiger partial charge is 0.320 e. The van der Waals surface area contributed by atoms with Crippen LogP contribution in [-0.2, 0) is 9.53 Å². The lowest BCUT2D eigenvalue weighted by atomic mass is 9.91. The van der Waals surface area contributed by atoms with Crippen molar-refractivity contribution in [3.63, 3.8) is 0 Å². The lowest BCUT2D eigenvalue weighted by molar-refractivity contribution is -0.145. The van der Waals surface area contributed by atoms with Crippen LogP contribution in [-0.4, -0.2) is 24.0 Å². The van der Waals surface area contributed by atoms with Gasteiger partial charge >= 0.3 is 5.97 Å². The van der Waals surface area contributed by atoms with Gasteiger partial charge in [0, 0.05) is 10.2 Å². The minimum absolute atomic E-state index is 0.0630. The average molecular weight is 469 g/mol. The summed E-state index contributed by atoms with van der Waals surface area (Å²) in [5.74, 6) is -0.636. The van der Waals surface area contributed by atoms with Gasteiger partial charge in [-0.1, -0.05) is 58.4 Å². The standard InChI is InChI=1S/C24H22BrFN2O2/c1-2-30-22(29)15-28-23(16-7-4-3-5-8-16)20-14-18(25)11-12-21(20)27-24(28)17-9-6-10-19(26)13-17/h3-14,23-24,27H,2,15H2,1H3/t23-,24+/m0/s1. The number of benzene rings is 3. The fourth-order valence-electron chi connectivity index (χ4n) is 3.95. The van der Waals surface area contributed by atoms with E-state index in [1.54, 1.807) is 13.0 Å². The number of anilines is 1. The van der Waals surface area contributed by atoms with Crippen molar-refractivity contribution in [3.8, 4) is 0 Å². The molecule has 0 bridgehead atoms. The highest BCUT2D eigenvalue weighted by atomic mass is 79.9. The quantitative estimate of drug-likeness (QED) is 0.490. The molecule has 0 saturated carbocycles. The second-order valence-corrected chi connectivity index (χ2v) is 8.04. The summed E-state index contributed by atoms with van der Waals surface area (Å²) in [5, 5.41) is 3.50. The molecule has 4 nitrogen and oxygen atoms in total. The molecule has 154 valence electrons. The molecular formula is C24H22BrFN2O2. The summed E-state index contributed by atoms with van der Waals surface area (Å²) in [4.78, 5) is 14.6. The van der Waals surface area contributed by atoms with Gasteiger partial charge in [0.15, 0.2) is 0 Å². The third-order valence-electron chi connectivity index (χ3n) is 5.16. The maximum Gasteiger partial charge on any atom is 0.320 e. The summed E-state index contributed by atoms with van der Waals surface area (Å²) in [6, 6.07) is 22.3. The van der Waals surface area contributed by atoms with Gasteiger partial charge in [-0.3, -0.25) is 9.69 Å². The molecule has 0 amide bonds. The summed E-state index contributed by atoms with van der Waals surface area (Å²) >= 11 is 3.57. The number of nitrogens with zero attached hydrogens (tertiary/aromatic N) is 1. The molecule has 6 heteroatoms. The first-order valence-corrected chi connectivity index (χ1v) is 10.6. The van der Waals surface area contributed by atoms with Crippen LogP contribution >= 0.6 is 15.9 Å². The number of rotatable bonds is 5. The number of hydrogen-bond donors (Lipinski definition) is 1. The lowest BCUT2D eigenvalue weighted by Crippen LogP contribution is -2.44. The molecule has 1 N–H and O–H groups in total. The van der Waals surface area contributed by atoms with E-state index in [2.05, 4.69) is 27.3 Å². The second-order valence-electron chi connectivity index (χ2n) is 7.12. The predicted molar refractivity (Wildman–Crippen MR) is 119 cm³/mol.